The van der Waals surface area contributed by atoms with E-state index in [1.807, 2.05) is 16.3 Å². The Morgan fingerprint density at radius 2 is 2.28 bits per heavy atom. The Labute approximate surface area is 112 Å². The molecule has 0 amide bonds. The zero-order valence-corrected chi connectivity index (χ0v) is 11.8. The third kappa shape index (κ3) is 3.40. The molecule has 0 fully saturated rings. The fourth-order valence-corrected chi connectivity index (χ4v) is 2.60. The van der Waals surface area contributed by atoms with Gasteiger partial charge in [0.1, 0.15) is 5.01 Å². The zero-order valence-electron chi connectivity index (χ0n) is 11.0. The molecule has 0 aliphatic rings. The molecule has 0 bridgehead atoms. The molecule has 2 N–H and O–H groups in total. The van der Waals surface area contributed by atoms with Crippen molar-refractivity contribution in [2.45, 2.75) is 39.8 Å². The molecule has 0 spiro atoms. The minimum atomic E-state index is 0.499. The van der Waals surface area contributed by atoms with Gasteiger partial charge in [0.2, 0.25) is 0 Å². The molecule has 0 radical (unpaired) electrons. The third-order valence-corrected chi connectivity index (χ3v) is 3.75. The van der Waals surface area contributed by atoms with Crippen LogP contribution in [0.1, 0.15) is 32.4 Å². The maximum Gasteiger partial charge on any atom is 0.126 e. The Morgan fingerprint density at radius 1 is 1.44 bits per heavy atom. The Balaban J connectivity index is 1.97. The molecular weight excluding hydrogens is 244 g/mol. The third-order valence-electron chi connectivity index (χ3n) is 2.81. The van der Waals surface area contributed by atoms with Crippen LogP contribution in [-0.4, -0.2) is 14.8 Å². The summed E-state index contributed by atoms with van der Waals surface area (Å²) in [5.74, 6) is 0.756. The van der Waals surface area contributed by atoms with E-state index in [9.17, 15) is 0 Å². The van der Waals surface area contributed by atoms with Crippen LogP contribution in [0.3, 0.4) is 0 Å². The first kappa shape index (κ1) is 13.2. The average Bonchev–Trinajstić information content (AvgIpc) is 2.95. The van der Waals surface area contributed by atoms with Crippen molar-refractivity contribution in [3.8, 4) is 10.6 Å². The lowest BCUT2D eigenvalue weighted by molar-refractivity contribution is 0.490. The van der Waals surface area contributed by atoms with Crippen molar-refractivity contribution in [3.05, 3.63) is 23.5 Å². The van der Waals surface area contributed by atoms with E-state index in [0.717, 1.165) is 28.7 Å². The van der Waals surface area contributed by atoms with E-state index < -0.39 is 0 Å². The second kappa shape index (κ2) is 6.11. The molecule has 2 heterocycles. The quantitative estimate of drug-likeness (QED) is 0.872. The van der Waals surface area contributed by atoms with Gasteiger partial charge >= 0.3 is 0 Å². The van der Waals surface area contributed by atoms with Gasteiger partial charge in [0.05, 0.1) is 11.9 Å². The lowest BCUT2D eigenvalue weighted by atomic mass is 10.1. The van der Waals surface area contributed by atoms with E-state index in [1.165, 1.54) is 12.8 Å². The van der Waals surface area contributed by atoms with Crippen molar-refractivity contribution in [3.63, 3.8) is 0 Å². The summed E-state index contributed by atoms with van der Waals surface area (Å²) in [4.78, 5) is 4.46. The standard InChI is InChI=1S/C13H20N4S/c1-10(2)4-3-5-17-8-11(7-15-17)13-16-12(6-14)9-18-13/h7-10H,3-6,14H2,1-2H3. The van der Waals surface area contributed by atoms with Crippen molar-refractivity contribution in [2.24, 2.45) is 11.7 Å². The summed E-state index contributed by atoms with van der Waals surface area (Å²) in [6, 6.07) is 0. The van der Waals surface area contributed by atoms with Gasteiger partial charge < -0.3 is 5.73 Å². The summed E-state index contributed by atoms with van der Waals surface area (Å²) in [7, 11) is 0. The molecular formula is C13H20N4S. The summed E-state index contributed by atoms with van der Waals surface area (Å²) < 4.78 is 2.00. The van der Waals surface area contributed by atoms with Crippen molar-refractivity contribution >= 4 is 11.3 Å². The number of thiazole rings is 1. The fourth-order valence-electron chi connectivity index (χ4n) is 1.79. The van der Waals surface area contributed by atoms with Gasteiger partial charge in [-0.1, -0.05) is 13.8 Å². The van der Waals surface area contributed by atoms with Crippen LogP contribution < -0.4 is 5.73 Å². The molecule has 0 aliphatic heterocycles. The molecule has 2 aromatic rings. The van der Waals surface area contributed by atoms with E-state index in [1.54, 1.807) is 11.3 Å². The minimum absolute atomic E-state index is 0.499. The van der Waals surface area contributed by atoms with Gasteiger partial charge in [-0.2, -0.15) is 5.10 Å². The van der Waals surface area contributed by atoms with Crippen molar-refractivity contribution in [2.75, 3.05) is 0 Å². The van der Waals surface area contributed by atoms with Crippen LogP contribution in [0.25, 0.3) is 10.6 Å². The smallest absolute Gasteiger partial charge is 0.126 e. The highest BCUT2D eigenvalue weighted by Crippen LogP contribution is 2.23. The van der Waals surface area contributed by atoms with E-state index in [0.29, 0.717) is 6.54 Å². The van der Waals surface area contributed by atoms with Crippen LogP contribution in [0.15, 0.2) is 17.8 Å². The van der Waals surface area contributed by atoms with E-state index in [4.69, 9.17) is 5.73 Å². The molecule has 0 atom stereocenters. The normalized spacial score (nSPS) is 11.3. The van der Waals surface area contributed by atoms with Crippen molar-refractivity contribution < 1.29 is 0 Å². The maximum atomic E-state index is 5.56. The average molecular weight is 264 g/mol. The molecule has 0 saturated carbocycles. The molecule has 4 nitrogen and oxygen atoms in total. The molecule has 98 valence electrons. The van der Waals surface area contributed by atoms with E-state index in [-0.39, 0.29) is 0 Å². The van der Waals surface area contributed by atoms with Gasteiger partial charge in [0.25, 0.3) is 0 Å². The summed E-state index contributed by atoms with van der Waals surface area (Å²) in [5.41, 5.74) is 7.60. The molecule has 2 aromatic heterocycles. The molecule has 0 saturated heterocycles. The minimum Gasteiger partial charge on any atom is -0.325 e. The van der Waals surface area contributed by atoms with E-state index in [2.05, 4.69) is 30.1 Å². The second-order valence-corrected chi connectivity index (χ2v) is 5.73. The van der Waals surface area contributed by atoms with Crippen LogP contribution >= 0.6 is 11.3 Å². The summed E-state index contributed by atoms with van der Waals surface area (Å²) in [6.07, 6.45) is 6.36. The van der Waals surface area contributed by atoms with Crippen LogP contribution in [0, 0.1) is 5.92 Å². The summed E-state index contributed by atoms with van der Waals surface area (Å²) in [6.45, 7) is 5.98. The Kier molecular flexibility index (Phi) is 4.49. The van der Waals surface area contributed by atoms with Gasteiger partial charge in [-0.3, -0.25) is 4.68 Å². The number of hydrogen-bond donors (Lipinski definition) is 1. The topological polar surface area (TPSA) is 56.7 Å². The van der Waals surface area contributed by atoms with Gasteiger partial charge in [-0.15, -0.1) is 11.3 Å². The van der Waals surface area contributed by atoms with Gasteiger partial charge in [-0.05, 0) is 18.8 Å². The highest BCUT2D eigenvalue weighted by molar-refractivity contribution is 7.13. The first-order chi connectivity index (χ1) is 8.69. The number of nitrogens with two attached hydrogens (primary N) is 1. The van der Waals surface area contributed by atoms with Crippen LogP contribution in [0.5, 0.6) is 0 Å². The largest absolute Gasteiger partial charge is 0.325 e. The van der Waals surface area contributed by atoms with Crippen LogP contribution in [0.4, 0.5) is 0 Å². The Bertz CT molecular complexity index is 487. The highest BCUT2D eigenvalue weighted by Gasteiger charge is 2.06. The van der Waals surface area contributed by atoms with E-state index >= 15 is 0 Å². The molecule has 18 heavy (non-hydrogen) atoms. The van der Waals surface area contributed by atoms with Crippen molar-refractivity contribution in [1.82, 2.24) is 14.8 Å². The molecule has 0 unspecified atom stereocenters. The number of nitrogens with zero attached hydrogens (tertiary/aromatic N) is 3. The van der Waals surface area contributed by atoms with Gasteiger partial charge in [-0.25, -0.2) is 4.98 Å². The van der Waals surface area contributed by atoms with Gasteiger partial charge in [0.15, 0.2) is 0 Å². The number of rotatable bonds is 6. The predicted molar refractivity (Wildman–Crippen MR) is 75.3 cm³/mol. The lowest BCUT2D eigenvalue weighted by Gasteiger charge is -2.03. The predicted octanol–water partition coefficient (Wildman–Crippen LogP) is 2.90. The summed E-state index contributed by atoms with van der Waals surface area (Å²) in [5, 5.41) is 7.39. The van der Waals surface area contributed by atoms with Crippen LogP contribution in [-0.2, 0) is 13.1 Å². The maximum absolute atomic E-state index is 5.56. The second-order valence-electron chi connectivity index (χ2n) is 4.88. The molecule has 5 heteroatoms. The van der Waals surface area contributed by atoms with Crippen LogP contribution in [0.2, 0.25) is 0 Å². The molecule has 2 rings (SSSR count). The lowest BCUT2D eigenvalue weighted by Crippen LogP contribution is -1.99. The number of aryl methyl sites for hydroxylation is 1. The van der Waals surface area contributed by atoms with Crippen molar-refractivity contribution in [1.29, 1.82) is 0 Å². The SMILES string of the molecule is CC(C)CCCn1cc(-c2nc(CN)cs2)cn1. The number of aromatic nitrogens is 3. The Hall–Kier alpha value is -1.20. The molecule has 0 aliphatic carbocycles. The monoisotopic (exact) mass is 264 g/mol. The fraction of sp³-hybridized carbons (Fsp3) is 0.538. The number of hydrogen-bond acceptors (Lipinski definition) is 4. The Morgan fingerprint density at radius 3 is 2.94 bits per heavy atom. The summed E-state index contributed by atoms with van der Waals surface area (Å²) >= 11 is 1.62. The first-order valence-corrected chi connectivity index (χ1v) is 7.24. The first-order valence-electron chi connectivity index (χ1n) is 6.36. The molecule has 0 aromatic carbocycles. The zero-order chi connectivity index (χ0) is 13.0. The highest BCUT2D eigenvalue weighted by atomic mass is 32.1. The van der Waals surface area contributed by atoms with Gasteiger partial charge in [0, 0.05) is 30.2 Å².